The maximum atomic E-state index is 12.8. The molecule has 6 N–H and O–H groups in total. The lowest BCUT2D eigenvalue weighted by Crippen LogP contribution is -2.54. The Morgan fingerprint density at radius 3 is 2.63 bits per heavy atom. The van der Waals surface area contributed by atoms with Crippen molar-refractivity contribution in [3.05, 3.63) is 59.3 Å². The molecule has 0 aliphatic carbocycles. The van der Waals surface area contributed by atoms with Crippen LogP contribution < -0.4 is 16.8 Å². The molecular formula is C22H29N5O3. The van der Waals surface area contributed by atoms with Crippen molar-refractivity contribution in [2.75, 3.05) is 18.9 Å². The minimum absolute atomic E-state index is 0.176. The first-order valence-corrected chi connectivity index (χ1v) is 10.1. The highest BCUT2D eigenvalue weighted by atomic mass is 16.3. The highest BCUT2D eigenvalue weighted by molar-refractivity contribution is 5.85. The number of hydrogen-bond donors (Lipinski definition) is 4. The molecule has 3 rings (SSSR count). The minimum Gasteiger partial charge on any atom is -0.394 e. The Labute approximate surface area is 176 Å². The topological polar surface area (TPSA) is 135 Å². The number of likely N-dealkylation sites (tertiary alicyclic amines) is 1. The Balaban J connectivity index is 1.67. The average Bonchev–Trinajstić information content (AvgIpc) is 3.12. The number of benzene rings is 1. The van der Waals surface area contributed by atoms with Crippen LogP contribution in [0.3, 0.4) is 0 Å². The Hall–Kier alpha value is -2.97. The molecule has 1 aliphatic rings. The lowest BCUT2D eigenvalue weighted by Gasteiger charge is -2.29. The summed E-state index contributed by atoms with van der Waals surface area (Å²) in [6.07, 6.45) is 1.35. The minimum atomic E-state index is -0.842. The van der Waals surface area contributed by atoms with Crippen LogP contribution in [-0.4, -0.2) is 52.0 Å². The van der Waals surface area contributed by atoms with Crippen molar-refractivity contribution < 1.29 is 14.7 Å². The third-order valence-corrected chi connectivity index (χ3v) is 5.67. The van der Waals surface area contributed by atoms with E-state index < -0.39 is 24.6 Å². The number of aliphatic hydroxyl groups excluding tert-OH is 1. The molecule has 1 aliphatic heterocycles. The molecule has 160 valence electrons. The van der Waals surface area contributed by atoms with E-state index in [1.54, 1.807) is 11.0 Å². The van der Waals surface area contributed by atoms with Crippen LogP contribution in [0.4, 0.5) is 5.82 Å². The fourth-order valence-electron chi connectivity index (χ4n) is 4.11. The van der Waals surface area contributed by atoms with Crippen LogP contribution in [0.1, 0.15) is 23.2 Å². The molecule has 2 heterocycles. The molecule has 1 fully saturated rings. The number of amides is 2. The Bertz CT molecular complexity index is 890. The Morgan fingerprint density at radius 1 is 1.27 bits per heavy atom. The first-order valence-electron chi connectivity index (χ1n) is 10.1. The van der Waals surface area contributed by atoms with Crippen LogP contribution in [0, 0.1) is 12.8 Å². The van der Waals surface area contributed by atoms with Gasteiger partial charge in [0.05, 0.1) is 12.6 Å². The van der Waals surface area contributed by atoms with E-state index in [-0.39, 0.29) is 18.4 Å². The molecule has 0 radical (unpaired) electrons. The number of aryl methyl sites for hydroxylation is 1. The summed E-state index contributed by atoms with van der Waals surface area (Å²) in [6.45, 7) is 2.20. The van der Waals surface area contributed by atoms with Gasteiger partial charge in [0, 0.05) is 18.8 Å². The number of carbonyl (C=O) groups is 2. The summed E-state index contributed by atoms with van der Waals surface area (Å²) in [6, 6.07) is 12.1. The van der Waals surface area contributed by atoms with Crippen molar-refractivity contribution in [3.8, 4) is 0 Å². The van der Waals surface area contributed by atoms with Gasteiger partial charge in [0.2, 0.25) is 11.8 Å². The van der Waals surface area contributed by atoms with Gasteiger partial charge in [-0.1, -0.05) is 36.4 Å². The van der Waals surface area contributed by atoms with Gasteiger partial charge < -0.3 is 21.9 Å². The summed E-state index contributed by atoms with van der Waals surface area (Å²) in [7, 11) is 0. The maximum absolute atomic E-state index is 12.8. The Morgan fingerprint density at radius 2 is 2.00 bits per heavy atom. The number of aromatic nitrogens is 1. The zero-order chi connectivity index (χ0) is 21.7. The second-order valence-electron chi connectivity index (χ2n) is 7.80. The van der Waals surface area contributed by atoms with Gasteiger partial charge in [-0.15, -0.1) is 0 Å². The standard InChI is InChI=1S/C22H29N5O3/c1-14-17(7-8-20(23)26-14)11-25-22(30)19(13-28)27-12-16(10-18(27)21(24)29)9-15-5-3-2-4-6-15/h2-8,16,18-19,28H,9-13H2,1H3,(H2,23,26)(H2,24,29)(H,25,30)/t16?,18?,19-/m0/s1. The van der Waals surface area contributed by atoms with Crippen LogP contribution in [0.2, 0.25) is 0 Å². The SMILES string of the molecule is Cc1nc(N)ccc1CNC(=O)[C@H](CO)N1CC(Cc2ccccc2)CC1C(N)=O. The van der Waals surface area contributed by atoms with Gasteiger partial charge in [0.1, 0.15) is 11.9 Å². The van der Waals surface area contributed by atoms with E-state index >= 15 is 0 Å². The molecule has 2 unspecified atom stereocenters. The molecule has 1 saturated heterocycles. The predicted octanol–water partition coefficient (Wildman–Crippen LogP) is 0.368. The van der Waals surface area contributed by atoms with Crippen molar-refractivity contribution in [2.24, 2.45) is 11.7 Å². The Kier molecular flexibility index (Phi) is 7.02. The van der Waals surface area contributed by atoms with E-state index in [2.05, 4.69) is 10.3 Å². The summed E-state index contributed by atoms with van der Waals surface area (Å²) in [5.74, 6) is -0.229. The zero-order valence-corrected chi connectivity index (χ0v) is 17.1. The van der Waals surface area contributed by atoms with Gasteiger partial charge in [0.15, 0.2) is 0 Å². The first-order chi connectivity index (χ1) is 14.4. The van der Waals surface area contributed by atoms with Crippen LogP contribution in [0.5, 0.6) is 0 Å². The number of rotatable bonds is 8. The first kappa shape index (κ1) is 21.7. The van der Waals surface area contributed by atoms with E-state index in [0.29, 0.717) is 18.8 Å². The highest BCUT2D eigenvalue weighted by Crippen LogP contribution is 2.28. The molecular weight excluding hydrogens is 382 g/mol. The van der Waals surface area contributed by atoms with E-state index in [0.717, 1.165) is 17.7 Å². The quantitative estimate of drug-likeness (QED) is 0.496. The van der Waals surface area contributed by atoms with E-state index in [4.69, 9.17) is 11.5 Å². The molecule has 8 nitrogen and oxygen atoms in total. The number of anilines is 1. The van der Waals surface area contributed by atoms with E-state index in [9.17, 15) is 14.7 Å². The van der Waals surface area contributed by atoms with Gasteiger partial charge in [-0.05, 0) is 42.9 Å². The molecule has 3 atom stereocenters. The average molecular weight is 412 g/mol. The summed E-state index contributed by atoms with van der Waals surface area (Å²) in [5, 5.41) is 12.8. The van der Waals surface area contributed by atoms with Gasteiger partial charge in [0.25, 0.3) is 0 Å². The number of nitrogens with one attached hydrogen (secondary N) is 1. The van der Waals surface area contributed by atoms with Crippen molar-refractivity contribution >= 4 is 17.6 Å². The number of hydrogen-bond acceptors (Lipinski definition) is 6. The number of carbonyl (C=O) groups excluding carboxylic acids is 2. The van der Waals surface area contributed by atoms with Gasteiger partial charge in [-0.2, -0.15) is 0 Å². The lowest BCUT2D eigenvalue weighted by molar-refractivity contribution is -0.131. The normalized spacial score (nSPS) is 20.1. The van der Waals surface area contributed by atoms with Crippen molar-refractivity contribution in [1.29, 1.82) is 0 Å². The summed E-state index contributed by atoms with van der Waals surface area (Å²) >= 11 is 0. The largest absolute Gasteiger partial charge is 0.394 e. The van der Waals surface area contributed by atoms with Crippen LogP contribution in [0.25, 0.3) is 0 Å². The monoisotopic (exact) mass is 411 g/mol. The van der Waals surface area contributed by atoms with Crippen LogP contribution in [-0.2, 0) is 22.6 Å². The van der Waals surface area contributed by atoms with Crippen molar-refractivity contribution in [1.82, 2.24) is 15.2 Å². The lowest BCUT2D eigenvalue weighted by atomic mass is 9.97. The fourth-order valence-corrected chi connectivity index (χ4v) is 4.11. The molecule has 2 amide bonds. The fraction of sp³-hybridized carbons (Fsp3) is 0.409. The molecule has 0 saturated carbocycles. The number of nitrogens with two attached hydrogens (primary N) is 2. The number of nitrogens with zero attached hydrogens (tertiary/aromatic N) is 2. The molecule has 8 heteroatoms. The number of nitrogen functional groups attached to an aromatic ring is 1. The van der Waals surface area contributed by atoms with Gasteiger partial charge in [-0.3, -0.25) is 14.5 Å². The second kappa shape index (κ2) is 9.69. The smallest absolute Gasteiger partial charge is 0.240 e. The molecule has 0 spiro atoms. The molecule has 1 aromatic heterocycles. The molecule has 1 aromatic carbocycles. The summed E-state index contributed by atoms with van der Waals surface area (Å²) < 4.78 is 0. The maximum Gasteiger partial charge on any atom is 0.240 e. The van der Waals surface area contributed by atoms with E-state index in [1.165, 1.54) is 5.56 Å². The van der Waals surface area contributed by atoms with Gasteiger partial charge in [-0.25, -0.2) is 4.98 Å². The second-order valence-corrected chi connectivity index (χ2v) is 7.80. The van der Waals surface area contributed by atoms with E-state index in [1.807, 2.05) is 43.3 Å². The van der Waals surface area contributed by atoms with Crippen LogP contribution in [0.15, 0.2) is 42.5 Å². The van der Waals surface area contributed by atoms with Crippen molar-refractivity contribution in [2.45, 2.75) is 38.4 Å². The summed E-state index contributed by atoms with van der Waals surface area (Å²) in [4.78, 5) is 30.8. The number of pyridine rings is 1. The number of aliphatic hydroxyl groups is 1. The number of primary amides is 1. The predicted molar refractivity (Wildman–Crippen MR) is 114 cm³/mol. The molecule has 2 aromatic rings. The van der Waals surface area contributed by atoms with Gasteiger partial charge >= 0.3 is 0 Å². The van der Waals surface area contributed by atoms with Crippen molar-refractivity contribution in [3.63, 3.8) is 0 Å². The third-order valence-electron chi connectivity index (χ3n) is 5.67. The zero-order valence-electron chi connectivity index (χ0n) is 17.1. The molecule has 30 heavy (non-hydrogen) atoms. The van der Waals surface area contributed by atoms with Crippen LogP contribution >= 0.6 is 0 Å². The molecule has 0 bridgehead atoms. The summed E-state index contributed by atoms with van der Waals surface area (Å²) in [5.41, 5.74) is 14.0. The third kappa shape index (κ3) is 5.14. The highest BCUT2D eigenvalue weighted by Gasteiger charge is 2.41.